The Labute approximate surface area is 120 Å². The number of carbonyl (C=O) groups is 1. The number of aliphatic carboxylic acids is 1. The lowest BCUT2D eigenvalue weighted by Gasteiger charge is -2.19. The molecule has 0 bridgehead atoms. The van der Waals surface area contributed by atoms with Crippen molar-refractivity contribution in [2.75, 3.05) is 24.2 Å². The number of sulfone groups is 1. The third kappa shape index (κ3) is 4.85. The largest absolute Gasteiger partial charge is 0.481 e. The van der Waals surface area contributed by atoms with Crippen LogP contribution in [0, 0.1) is 0 Å². The molecule has 0 spiro atoms. The van der Waals surface area contributed by atoms with Crippen molar-refractivity contribution < 1.29 is 18.3 Å². The van der Waals surface area contributed by atoms with Crippen molar-refractivity contribution in [1.29, 1.82) is 0 Å². The molecular weight excluding hydrogens is 278 g/mol. The van der Waals surface area contributed by atoms with Crippen molar-refractivity contribution in [1.82, 2.24) is 0 Å². The van der Waals surface area contributed by atoms with Gasteiger partial charge in [0.2, 0.25) is 0 Å². The number of hydrogen-bond donors (Lipinski definition) is 1. The number of hydrogen-bond acceptors (Lipinski definition) is 4. The van der Waals surface area contributed by atoms with E-state index < -0.39 is 15.8 Å². The maximum atomic E-state index is 11.9. The highest BCUT2D eigenvalue weighted by atomic mass is 32.2. The molecule has 0 unspecified atom stereocenters. The van der Waals surface area contributed by atoms with Gasteiger partial charge in [0.1, 0.15) is 0 Å². The van der Waals surface area contributed by atoms with Gasteiger partial charge in [0.15, 0.2) is 9.84 Å². The lowest BCUT2D eigenvalue weighted by Crippen LogP contribution is -2.19. The number of carboxylic acids is 1. The first-order valence-electron chi connectivity index (χ1n) is 6.62. The zero-order valence-corrected chi connectivity index (χ0v) is 12.7. The summed E-state index contributed by atoms with van der Waals surface area (Å²) < 4.78 is 23.8. The van der Waals surface area contributed by atoms with E-state index in [0.29, 0.717) is 24.3 Å². The van der Waals surface area contributed by atoms with Crippen LogP contribution < -0.4 is 4.90 Å². The quantitative estimate of drug-likeness (QED) is 0.796. The summed E-state index contributed by atoms with van der Waals surface area (Å²) in [5.41, 5.74) is 0.880. The lowest BCUT2D eigenvalue weighted by atomic mass is 10.2. The summed E-state index contributed by atoms with van der Waals surface area (Å²) in [7, 11) is -1.32. The first kappa shape index (κ1) is 16.5. The van der Waals surface area contributed by atoms with E-state index in [1.54, 1.807) is 24.3 Å². The number of nitrogens with zero attached hydrogens (tertiary/aromatic N) is 1. The first-order valence-corrected chi connectivity index (χ1v) is 8.28. The van der Waals surface area contributed by atoms with Gasteiger partial charge >= 0.3 is 5.97 Å². The molecule has 0 aliphatic carbocycles. The Balaban J connectivity index is 2.68. The smallest absolute Gasteiger partial charge is 0.303 e. The molecule has 0 atom stereocenters. The predicted octanol–water partition coefficient (Wildman–Crippen LogP) is 2.17. The van der Waals surface area contributed by atoms with E-state index in [1.165, 1.54) is 0 Å². The van der Waals surface area contributed by atoms with Gasteiger partial charge in [-0.3, -0.25) is 4.79 Å². The van der Waals surface area contributed by atoms with E-state index in [1.807, 2.05) is 18.9 Å². The van der Waals surface area contributed by atoms with Crippen molar-refractivity contribution in [2.24, 2.45) is 0 Å². The topological polar surface area (TPSA) is 74.7 Å². The van der Waals surface area contributed by atoms with Crippen LogP contribution in [0.3, 0.4) is 0 Å². The van der Waals surface area contributed by atoms with Gasteiger partial charge in [-0.15, -0.1) is 0 Å². The highest BCUT2D eigenvalue weighted by Gasteiger charge is 2.13. The Hall–Kier alpha value is -1.56. The summed E-state index contributed by atoms with van der Waals surface area (Å²) in [6.45, 7) is 2.45. The molecule has 112 valence electrons. The van der Waals surface area contributed by atoms with Crippen molar-refractivity contribution >= 4 is 21.5 Å². The van der Waals surface area contributed by atoms with Crippen LogP contribution in [0.4, 0.5) is 5.69 Å². The fourth-order valence-electron chi connectivity index (χ4n) is 1.89. The van der Waals surface area contributed by atoms with Gasteiger partial charge in [-0.05, 0) is 37.1 Å². The zero-order valence-electron chi connectivity index (χ0n) is 11.9. The minimum Gasteiger partial charge on any atom is -0.481 e. The van der Waals surface area contributed by atoms with E-state index in [0.717, 1.165) is 5.69 Å². The average Bonchev–Trinajstić information content (AvgIpc) is 2.38. The second kappa shape index (κ2) is 7.28. The standard InChI is InChI=1S/C14H21NO4S/c1-3-11-20(18,19)13-8-6-12(7-9-13)15(2)10-4-5-14(16)17/h6-9H,3-5,10-11H2,1-2H3,(H,16,17). The van der Waals surface area contributed by atoms with Gasteiger partial charge in [-0.25, -0.2) is 8.42 Å². The molecule has 0 amide bonds. The van der Waals surface area contributed by atoms with Gasteiger partial charge in [-0.2, -0.15) is 0 Å². The SMILES string of the molecule is CCCS(=O)(=O)c1ccc(N(C)CCCC(=O)O)cc1. The molecule has 0 fully saturated rings. The molecule has 1 aromatic rings. The van der Waals surface area contributed by atoms with Gasteiger partial charge in [0.05, 0.1) is 10.6 Å². The van der Waals surface area contributed by atoms with Crippen LogP contribution >= 0.6 is 0 Å². The van der Waals surface area contributed by atoms with Crippen LogP contribution in [0.15, 0.2) is 29.2 Å². The second-order valence-electron chi connectivity index (χ2n) is 4.73. The van der Waals surface area contributed by atoms with Crippen LogP contribution in [0.2, 0.25) is 0 Å². The number of carboxylic acid groups (broad SMARTS) is 1. The highest BCUT2D eigenvalue weighted by molar-refractivity contribution is 7.91. The first-order chi connectivity index (χ1) is 9.36. The summed E-state index contributed by atoms with van der Waals surface area (Å²) in [6, 6.07) is 6.72. The van der Waals surface area contributed by atoms with Crippen molar-refractivity contribution in [3.05, 3.63) is 24.3 Å². The number of benzene rings is 1. The summed E-state index contributed by atoms with van der Waals surface area (Å²) in [6.07, 6.45) is 1.29. The fourth-order valence-corrected chi connectivity index (χ4v) is 3.22. The molecule has 0 aliphatic rings. The lowest BCUT2D eigenvalue weighted by molar-refractivity contribution is -0.137. The predicted molar refractivity (Wildman–Crippen MR) is 78.9 cm³/mol. The molecule has 1 aromatic carbocycles. The van der Waals surface area contributed by atoms with Crippen LogP contribution in [0.5, 0.6) is 0 Å². The third-order valence-corrected chi connectivity index (χ3v) is 4.93. The van der Waals surface area contributed by atoms with E-state index >= 15 is 0 Å². The monoisotopic (exact) mass is 299 g/mol. The summed E-state index contributed by atoms with van der Waals surface area (Å²) in [4.78, 5) is 12.7. The molecule has 1 rings (SSSR count). The summed E-state index contributed by atoms with van der Waals surface area (Å²) >= 11 is 0. The van der Waals surface area contributed by atoms with Crippen molar-refractivity contribution in [2.45, 2.75) is 31.1 Å². The van der Waals surface area contributed by atoms with Crippen LogP contribution in [-0.4, -0.2) is 38.8 Å². The fraction of sp³-hybridized carbons (Fsp3) is 0.500. The molecule has 0 aromatic heterocycles. The maximum Gasteiger partial charge on any atom is 0.303 e. The third-order valence-electron chi connectivity index (χ3n) is 2.99. The van der Waals surface area contributed by atoms with Gasteiger partial charge in [0.25, 0.3) is 0 Å². The molecule has 0 radical (unpaired) electrons. The number of anilines is 1. The Morgan fingerprint density at radius 2 is 1.85 bits per heavy atom. The molecule has 5 nitrogen and oxygen atoms in total. The summed E-state index contributed by atoms with van der Waals surface area (Å²) in [5.74, 6) is -0.653. The second-order valence-corrected chi connectivity index (χ2v) is 6.84. The molecule has 20 heavy (non-hydrogen) atoms. The van der Waals surface area contributed by atoms with Crippen LogP contribution in [0.25, 0.3) is 0 Å². The average molecular weight is 299 g/mol. The van der Waals surface area contributed by atoms with E-state index in [-0.39, 0.29) is 12.2 Å². The Morgan fingerprint density at radius 3 is 2.35 bits per heavy atom. The normalized spacial score (nSPS) is 11.3. The van der Waals surface area contributed by atoms with Crippen LogP contribution in [0.1, 0.15) is 26.2 Å². The maximum absolute atomic E-state index is 11.9. The molecule has 0 saturated heterocycles. The van der Waals surface area contributed by atoms with Gasteiger partial charge in [0, 0.05) is 25.7 Å². The molecular formula is C14H21NO4S. The zero-order chi connectivity index (χ0) is 15.2. The van der Waals surface area contributed by atoms with Crippen molar-refractivity contribution in [3.63, 3.8) is 0 Å². The molecule has 1 N–H and O–H groups in total. The van der Waals surface area contributed by atoms with E-state index in [2.05, 4.69) is 0 Å². The Morgan fingerprint density at radius 1 is 1.25 bits per heavy atom. The Kier molecular flexibility index (Phi) is 6.01. The number of rotatable bonds is 8. The molecule has 0 aliphatic heterocycles. The molecule has 0 saturated carbocycles. The van der Waals surface area contributed by atoms with E-state index in [4.69, 9.17) is 5.11 Å². The van der Waals surface area contributed by atoms with Crippen molar-refractivity contribution in [3.8, 4) is 0 Å². The van der Waals surface area contributed by atoms with E-state index in [9.17, 15) is 13.2 Å². The molecule has 6 heteroatoms. The highest BCUT2D eigenvalue weighted by Crippen LogP contribution is 2.18. The minimum absolute atomic E-state index is 0.132. The minimum atomic E-state index is -3.18. The van der Waals surface area contributed by atoms with Gasteiger partial charge in [-0.1, -0.05) is 6.92 Å². The van der Waals surface area contributed by atoms with Crippen LogP contribution in [-0.2, 0) is 14.6 Å². The Bertz CT molecular complexity index is 537. The van der Waals surface area contributed by atoms with Gasteiger partial charge < -0.3 is 10.0 Å². The molecule has 0 heterocycles. The summed E-state index contributed by atoms with van der Waals surface area (Å²) in [5, 5.41) is 8.59.